The molecule has 0 bridgehead atoms. The van der Waals surface area contributed by atoms with Crippen LogP contribution in [0.3, 0.4) is 0 Å². The van der Waals surface area contributed by atoms with Crippen molar-refractivity contribution in [3.8, 4) is 11.5 Å². The van der Waals surface area contributed by atoms with Gasteiger partial charge in [0, 0.05) is 24.2 Å². The molecule has 0 saturated heterocycles. The predicted octanol–water partition coefficient (Wildman–Crippen LogP) is 3.16. The maximum atomic E-state index is 12.4. The Labute approximate surface area is 163 Å². The molecule has 2 aromatic rings. The Balaban J connectivity index is 1.61. The molecule has 2 aromatic carbocycles. The third-order valence-corrected chi connectivity index (χ3v) is 4.54. The Hall–Kier alpha value is -3.29. The Morgan fingerprint density at radius 2 is 1.89 bits per heavy atom. The standard InChI is InChI=1S/C20H23N3O5/c1-27-18-8-3-13(11-19(18)28-2)9-10-21-20(24)14-4-7-16(22-15-5-6-15)17(12-14)23(25)26/h3-4,7-8,11-12,15,22H,5-6,9-10H2,1-2H3,(H,21,24). The monoisotopic (exact) mass is 385 g/mol. The first-order valence-corrected chi connectivity index (χ1v) is 9.06. The first kappa shape index (κ1) is 19.5. The lowest BCUT2D eigenvalue weighted by Crippen LogP contribution is -2.25. The molecule has 2 N–H and O–H groups in total. The summed E-state index contributed by atoms with van der Waals surface area (Å²) in [7, 11) is 3.14. The van der Waals surface area contributed by atoms with E-state index >= 15 is 0 Å². The van der Waals surface area contributed by atoms with E-state index < -0.39 is 4.92 Å². The van der Waals surface area contributed by atoms with Gasteiger partial charge in [-0.1, -0.05) is 6.07 Å². The van der Waals surface area contributed by atoms with Crippen molar-refractivity contribution in [1.29, 1.82) is 0 Å². The first-order valence-electron chi connectivity index (χ1n) is 9.06. The summed E-state index contributed by atoms with van der Waals surface area (Å²) in [6.07, 6.45) is 2.61. The van der Waals surface area contributed by atoms with Gasteiger partial charge in [0.15, 0.2) is 11.5 Å². The zero-order valence-electron chi connectivity index (χ0n) is 15.9. The van der Waals surface area contributed by atoms with Crippen LogP contribution in [0.25, 0.3) is 0 Å². The van der Waals surface area contributed by atoms with Crippen molar-refractivity contribution in [3.63, 3.8) is 0 Å². The summed E-state index contributed by atoms with van der Waals surface area (Å²) in [6.45, 7) is 0.393. The summed E-state index contributed by atoms with van der Waals surface area (Å²) >= 11 is 0. The number of nitro groups is 1. The molecular weight excluding hydrogens is 362 g/mol. The van der Waals surface area contributed by atoms with Gasteiger partial charge in [-0.25, -0.2) is 0 Å². The van der Waals surface area contributed by atoms with E-state index in [0.29, 0.717) is 36.2 Å². The molecule has 8 heteroatoms. The maximum Gasteiger partial charge on any atom is 0.293 e. The van der Waals surface area contributed by atoms with E-state index in [1.165, 1.54) is 6.07 Å². The molecule has 0 heterocycles. The van der Waals surface area contributed by atoms with E-state index in [-0.39, 0.29) is 17.2 Å². The number of nitrogens with one attached hydrogen (secondary N) is 2. The van der Waals surface area contributed by atoms with Crippen LogP contribution in [0, 0.1) is 10.1 Å². The summed E-state index contributed by atoms with van der Waals surface area (Å²) < 4.78 is 10.5. The van der Waals surface area contributed by atoms with Crippen LogP contribution in [-0.4, -0.2) is 37.6 Å². The summed E-state index contributed by atoms with van der Waals surface area (Å²) in [4.78, 5) is 23.2. The van der Waals surface area contributed by atoms with Crippen molar-refractivity contribution >= 4 is 17.3 Å². The van der Waals surface area contributed by atoms with Gasteiger partial charge >= 0.3 is 0 Å². The predicted molar refractivity (Wildman–Crippen MR) is 105 cm³/mol. The summed E-state index contributed by atoms with van der Waals surface area (Å²) in [5.74, 6) is 0.921. The number of methoxy groups -OCH3 is 2. The minimum atomic E-state index is -0.467. The Morgan fingerprint density at radius 3 is 2.54 bits per heavy atom. The van der Waals surface area contributed by atoms with Gasteiger partial charge in [0.1, 0.15) is 5.69 Å². The van der Waals surface area contributed by atoms with E-state index in [9.17, 15) is 14.9 Å². The first-order chi connectivity index (χ1) is 13.5. The van der Waals surface area contributed by atoms with Gasteiger partial charge in [0.2, 0.25) is 0 Å². The lowest BCUT2D eigenvalue weighted by atomic mass is 10.1. The van der Waals surface area contributed by atoms with Crippen LogP contribution in [0.5, 0.6) is 11.5 Å². The van der Waals surface area contributed by atoms with E-state index in [2.05, 4.69) is 10.6 Å². The van der Waals surface area contributed by atoms with Gasteiger partial charge in [0.25, 0.3) is 11.6 Å². The topological polar surface area (TPSA) is 103 Å². The smallest absolute Gasteiger partial charge is 0.293 e. The Bertz CT molecular complexity index is 880. The number of hydrogen-bond donors (Lipinski definition) is 2. The molecule has 1 fully saturated rings. The van der Waals surface area contributed by atoms with Gasteiger partial charge in [0.05, 0.1) is 19.1 Å². The number of anilines is 1. The average molecular weight is 385 g/mol. The minimum Gasteiger partial charge on any atom is -0.493 e. The van der Waals surface area contributed by atoms with Gasteiger partial charge in [-0.15, -0.1) is 0 Å². The van der Waals surface area contributed by atoms with E-state index in [4.69, 9.17) is 9.47 Å². The molecule has 0 spiro atoms. The molecule has 0 aromatic heterocycles. The van der Waals surface area contributed by atoms with Crippen LogP contribution in [0.4, 0.5) is 11.4 Å². The second-order valence-electron chi connectivity index (χ2n) is 6.60. The van der Waals surface area contributed by atoms with Gasteiger partial charge in [-0.05, 0) is 49.1 Å². The summed E-state index contributed by atoms with van der Waals surface area (Å²) in [5.41, 5.74) is 1.61. The fourth-order valence-corrected chi connectivity index (χ4v) is 2.85. The molecule has 8 nitrogen and oxygen atoms in total. The molecule has 0 aliphatic heterocycles. The van der Waals surface area contributed by atoms with E-state index in [1.807, 2.05) is 18.2 Å². The third-order valence-electron chi connectivity index (χ3n) is 4.54. The van der Waals surface area contributed by atoms with Crippen molar-refractivity contribution in [2.75, 3.05) is 26.1 Å². The minimum absolute atomic E-state index is 0.0839. The summed E-state index contributed by atoms with van der Waals surface area (Å²) in [5, 5.41) is 17.2. The molecule has 0 atom stereocenters. The molecule has 0 unspecified atom stereocenters. The van der Waals surface area contributed by atoms with Crippen LogP contribution < -0.4 is 20.1 Å². The van der Waals surface area contributed by atoms with Gasteiger partial charge in [-0.3, -0.25) is 14.9 Å². The highest BCUT2D eigenvalue weighted by atomic mass is 16.6. The van der Waals surface area contributed by atoms with E-state index in [0.717, 1.165) is 18.4 Å². The molecule has 1 aliphatic carbocycles. The largest absolute Gasteiger partial charge is 0.493 e. The number of hydrogen-bond acceptors (Lipinski definition) is 6. The summed E-state index contributed by atoms with van der Waals surface area (Å²) in [6, 6.07) is 10.4. The Morgan fingerprint density at radius 1 is 1.14 bits per heavy atom. The molecule has 1 aliphatic rings. The van der Waals surface area contributed by atoms with Crippen LogP contribution in [0.1, 0.15) is 28.8 Å². The van der Waals surface area contributed by atoms with Crippen LogP contribution in [-0.2, 0) is 6.42 Å². The molecule has 1 saturated carbocycles. The fourth-order valence-electron chi connectivity index (χ4n) is 2.85. The number of rotatable bonds is 9. The molecule has 0 radical (unpaired) electrons. The maximum absolute atomic E-state index is 12.4. The number of carbonyl (C=O) groups is 1. The molecule has 148 valence electrons. The fraction of sp³-hybridized carbons (Fsp3) is 0.350. The average Bonchev–Trinajstić information content (AvgIpc) is 3.51. The van der Waals surface area contributed by atoms with Crippen molar-refractivity contribution < 1.29 is 19.2 Å². The quantitative estimate of drug-likeness (QED) is 0.508. The number of ether oxygens (including phenoxy) is 2. The highest BCUT2D eigenvalue weighted by molar-refractivity contribution is 5.95. The van der Waals surface area contributed by atoms with Gasteiger partial charge in [-0.2, -0.15) is 0 Å². The number of carbonyl (C=O) groups excluding carboxylic acids is 1. The highest BCUT2D eigenvalue weighted by Crippen LogP contribution is 2.31. The van der Waals surface area contributed by atoms with Crippen LogP contribution in [0.2, 0.25) is 0 Å². The molecule has 28 heavy (non-hydrogen) atoms. The lowest BCUT2D eigenvalue weighted by molar-refractivity contribution is -0.384. The zero-order chi connectivity index (χ0) is 20.1. The second kappa shape index (κ2) is 8.60. The number of amides is 1. The van der Waals surface area contributed by atoms with Crippen molar-refractivity contribution in [2.45, 2.75) is 25.3 Å². The normalized spacial score (nSPS) is 12.9. The highest BCUT2D eigenvalue weighted by Gasteiger charge is 2.25. The SMILES string of the molecule is COc1ccc(CCNC(=O)c2ccc(NC3CC3)c([N+](=O)[O-])c2)cc1OC. The van der Waals surface area contributed by atoms with Crippen LogP contribution in [0.15, 0.2) is 36.4 Å². The molecule has 3 rings (SSSR count). The van der Waals surface area contributed by atoms with Gasteiger partial charge < -0.3 is 20.1 Å². The number of nitrogens with zero attached hydrogens (tertiary/aromatic N) is 1. The lowest BCUT2D eigenvalue weighted by Gasteiger charge is -2.11. The molecule has 1 amide bonds. The third kappa shape index (κ3) is 4.70. The van der Waals surface area contributed by atoms with Crippen molar-refractivity contribution in [1.82, 2.24) is 5.32 Å². The van der Waals surface area contributed by atoms with Crippen molar-refractivity contribution in [2.24, 2.45) is 0 Å². The number of nitro benzene ring substituents is 1. The number of benzene rings is 2. The second-order valence-corrected chi connectivity index (χ2v) is 6.60. The van der Waals surface area contributed by atoms with Crippen LogP contribution >= 0.6 is 0 Å². The van der Waals surface area contributed by atoms with Crippen molar-refractivity contribution in [3.05, 3.63) is 57.6 Å². The van der Waals surface area contributed by atoms with E-state index in [1.54, 1.807) is 26.4 Å². The molecular formula is C20H23N3O5. The Kier molecular flexibility index (Phi) is 5.98. The zero-order valence-corrected chi connectivity index (χ0v) is 15.9.